The van der Waals surface area contributed by atoms with Gasteiger partial charge in [0.05, 0.1) is 6.26 Å². The molecule has 6 nitrogen and oxygen atoms in total. The van der Waals surface area contributed by atoms with Gasteiger partial charge < -0.3 is 10.2 Å². The van der Waals surface area contributed by atoms with Crippen molar-refractivity contribution >= 4 is 23.4 Å². The maximum Gasteiger partial charge on any atom is 0.224 e. The number of nitrogens with two attached hydrogens (primary N) is 1. The molecular formula is C22H17N5OS. The molecule has 0 aliphatic carbocycles. The van der Waals surface area contributed by atoms with E-state index in [1.165, 1.54) is 21.2 Å². The fraction of sp³-hybridized carbons (Fsp3) is 0.0455. The lowest BCUT2D eigenvalue weighted by Gasteiger charge is -2.09. The van der Waals surface area contributed by atoms with Crippen LogP contribution in [0.4, 0.5) is 5.95 Å². The minimum Gasteiger partial charge on any atom is -0.461 e. The topological polar surface area (TPSA) is 82.2 Å². The van der Waals surface area contributed by atoms with E-state index in [1.54, 1.807) is 24.1 Å². The molecule has 0 amide bonds. The number of nitrogens with zero attached hydrogens (tertiary/aromatic N) is 4. The predicted molar refractivity (Wildman–Crippen MR) is 114 cm³/mol. The van der Waals surface area contributed by atoms with E-state index in [1.807, 2.05) is 18.2 Å². The van der Waals surface area contributed by atoms with Crippen LogP contribution in [0.3, 0.4) is 0 Å². The number of thioether (sulfide) groups is 1. The quantitative estimate of drug-likeness (QED) is 0.333. The molecule has 0 unspecified atom stereocenters. The first-order valence-electron chi connectivity index (χ1n) is 9.11. The van der Waals surface area contributed by atoms with Crippen LogP contribution in [0.5, 0.6) is 0 Å². The molecule has 0 bridgehead atoms. The summed E-state index contributed by atoms with van der Waals surface area (Å²) >= 11 is 1.62. The van der Waals surface area contributed by atoms with Crippen molar-refractivity contribution in [3.05, 3.63) is 84.6 Å². The molecule has 142 valence electrons. The predicted octanol–water partition coefficient (Wildman–Crippen LogP) is 4.93. The standard InChI is InChI=1S/C22H17N5OS/c23-22-25-20(13-19-24-21(26-27(19)22)18-11-6-12-28-18)29-14-16-9-4-5-10-17(16)15-7-2-1-3-8-15/h1-13H,14H2,(H2,23,25). The lowest BCUT2D eigenvalue weighted by molar-refractivity contribution is 0.577. The molecule has 3 heterocycles. The molecular weight excluding hydrogens is 382 g/mol. The van der Waals surface area contributed by atoms with Crippen molar-refractivity contribution in [2.75, 3.05) is 5.73 Å². The summed E-state index contributed by atoms with van der Waals surface area (Å²) in [5, 5.41) is 5.19. The van der Waals surface area contributed by atoms with Crippen molar-refractivity contribution in [2.24, 2.45) is 0 Å². The number of fused-ring (bicyclic) bond motifs is 1. The molecule has 5 aromatic rings. The van der Waals surface area contributed by atoms with Crippen molar-refractivity contribution in [3.8, 4) is 22.7 Å². The van der Waals surface area contributed by atoms with Gasteiger partial charge in [-0.05, 0) is 28.8 Å². The molecule has 0 radical (unpaired) electrons. The van der Waals surface area contributed by atoms with Crippen molar-refractivity contribution in [2.45, 2.75) is 10.8 Å². The smallest absolute Gasteiger partial charge is 0.224 e. The second kappa shape index (κ2) is 7.44. The third-order valence-corrected chi connectivity index (χ3v) is 5.51. The highest BCUT2D eigenvalue weighted by Gasteiger charge is 2.13. The van der Waals surface area contributed by atoms with Crippen LogP contribution in [0, 0.1) is 0 Å². The maximum atomic E-state index is 6.12. The Morgan fingerprint density at radius 1 is 0.931 bits per heavy atom. The van der Waals surface area contributed by atoms with Crippen LogP contribution in [-0.4, -0.2) is 19.6 Å². The molecule has 0 aliphatic heterocycles. The van der Waals surface area contributed by atoms with E-state index in [-0.39, 0.29) is 0 Å². The number of benzene rings is 2. The second-order valence-corrected chi connectivity index (χ2v) is 7.44. The molecule has 3 aromatic heterocycles. The zero-order valence-corrected chi connectivity index (χ0v) is 16.2. The van der Waals surface area contributed by atoms with Gasteiger partial charge in [0.15, 0.2) is 11.4 Å². The number of furan rings is 1. The molecule has 0 atom stereocenters. The van der Waals surface area contributed by atoms with Gasteiger partial charge in [0.1, 0.15) is 5.03 Å². The van der Waals surface area contributed by atoms with Crippen LogP contribution in [0.2, 0.25) is 0 Å². The summed E-state index contributed by atoms with van der Waals surface area (Å²) in [6.45, 7) is 0. The lowest BCUT2D eigenvalue weighted by Crippen LogP contribution is -2.02. The van der Waals surface area contributed by atoms with E-state index >= 15 is 0 Å². The van der Waals surface area contributed by atoms with E-state index in [2.05, 4.69) is 63.6 Å². The minimum absolute atomic E-state index is 0.298. The van der Waals surface area contributed by atoms with Gasteiger partial charge in [-0.3, -0.25) is 0 Å². The molecule has 7 heteroatoms. The van der Waals surface area contributed by atoms with Gasteiger partial charge >= 0.3 is 0 Å². The largest absolute Gasteiger partial charge is 0.461 e. The van der Waals surface area contributed by atoms with Crippen LogP contribution in [0.25, 0.3) is 28.4 Å². The van der Waals surface area contributed by atoms with Crippen molar-refractivity contribution in [3.63, 3.8) is 0 Å². The maximum absolute atomic E-state index is 6.12. The number of aromatic nitrogens is 4. The lowest BCUT2D eigenvalue weighted by atomic mass is 10.0. The third kappa shape index (κ3) is 3.48. The fourth-order valence-electron chi connectivity index (χ4n) is 3.17. The Balaban J connectivity index is 1.43. The Kier molecular flexibility index (Phi) is 4.50. The highest BCUT2D eigenvalue weighted by molar-refractivity contribution is 7.98. The van der Waals surface area contributed by atoms with Crippen LogP contribution < -0.4 is 5.73 Å². The molecule has 0 saturated carbocycles. The Hall–Kier alpha value is -3.58. The normalized spacial score (nSPS) is 11.2. The summed E-state index contributed by atoms with van der Waals surface area (Å²) in [6, 6.07) is 24.3. The number of anilines is 1. The van der Waals surface area contributed by atoms with Gasteiger partial charge in [0.2, 0.25) is 11.8 Å². The van der Waals surface area contributed by atoms with E-state index in [4.69, 9.17) is 10.2 Å². The van der Waals surface area contributed by atoms with E-state index in [0.717, 1.165) is 10.8 Å². The minimum atomic E-state index is 0.298. The molecule has 2 N–H and O–H groups in total. The Labute approximate surface area is 171 Å². The van der Waals surface area contributed by atoms with Gasteiger partial charge in [-0.1, -0.05) is 54.6 Å². The number of nitrogen functional groups attached to an aromatic ring is 1. The molecule has 2 aromatic carbocycles. The van der Waals surface area contributed by atoms with Crippen LogP contribution in [0.1, 0.15) is 5.56 Å². The van der Waals surface area contributed by atoms with Gasteiger partial charge in [-0.25, -0.2) is 9.97 Å². The Morgan fingerprint density at radius 2 is 1.76 bits per heavy atom. The zero-order chi connectivity index (χ0) is 19.6. The fourth-order valence-corrected chi connectivity index (χ4v) is 4.07. The van der Waals surface area contributed by atoms with Crippen LogP contribution in [-0.2, 0) is 5.75 Å². The summed E-state index contributed by atoms with van der Waals surface area (Å²) in [7, 11) is 0. The molecule has 0 aliphatic rings. The van der Waals surface area contributed by atoms with Gasteiger partial charge in [-0.15, -0.1) is 16.9 Å². The molecule has 5 rings (SSSR count). The number of rotatable bonds is 5. The van der Waals surface area contributed by atoms with Crippen LogP contribution >= 0.6 is 11.8 Å². The molecule has 0 spiro atoms. The number of hydrogen-bond donors (Lipinski definition) is 1. The van der Waals surface area contributed by atoms with E-state index < -0.39 is 0 Å². The van der Waals surface area contributed by atoms with Gasteiger partial charge in [-0.2, -0.15) is 4.52 Å². The summed E-state index contributed by atoms with van der Waals surface area (Å²) in [4.78, 5) is 9.01. The van der Waals surface area contributed by atoms with E-state index in [9.17, 15) is 0 Å². The van der Waals surface area contributed by atoms with Crippen molar-refractivity contribution in [1.82, 2.24) is 19.6 Å². The first kappa shape index (κ1) is 17.5. The van der Waals surface area contributed by atoms with Gasteiger partial charge in [0, 0.05) is 11.8 Å². The molecule has 29 heavy (non-hydrogen) atoms. The zero-order valence-electron chi connectivity index (χ0n) is 15.4. The Morgan fingerprint density at radius 3 is 2.59 bits per heavy atom. The molecule has 0 saturated heterocycles. The first-order valence-corrected chi connectivity index (χ1v) is 10.1. The first-order chi connectivity index (χ1) is 14.3. The monoisotopic (exact) mass is 399 g/mol. The Bertz CT molecular complexity index is 1270. The average molecular weight is 399 g/mol. The highest BCUT2D eigenvalue weighted by atomic mass is 32.2. The molecule has 0 fully saturated rings. The van der Waals surface area contributed by atoms with Crippen molar-refractivity contribution in [1.29, 1.82) is 0 Å². The van der Waals surface area contributed by atoms with Crippen LogP contribution in [0.15, 0.2) is 88.5 Å². The summed E-state index contributed by atoms with van der Waals surface area (Å²) in [5.41, 5.74) is 10.4. The van der Waals surface area contributed by atoms with Gasteiger partial charge in [0.25, 0.3) is 0 Å². The summed E-state index contributed by atoms with van der Waals surface area (Å²) in [5.74, 6) is 2.15. The highest BCUT2D eigenvalue weighted by Crippen LogP contribution is 2.30. The SMILES string of the molecule is Nc1nc(SCc2ccccc2-c2ccccc2)cc2nc(-c3ccco3)nn12. The van der Waals surface area contributed by atoms with E-state index in [0.29, 0.717) is 23.2 Å². The average Bonchev–Trinajstić information content (AvgIpc) is 3.43. The summed E-state index contributed by atoms with van der Waals surface area (Å²) < 4.78 is 6.90. The van der Waals surface area contributed by atoms with Crippen molar-refractivity contribution < 1.29 is 4.42 Å². The number of hydrogen-bond acceptors (Lipinski definition) is 6. The summed E-state index contributed by atoms with van der Waals surface area (Å²) in [6.07, 6.45) is 1.59. The second-order valence-electron chi connectivity index (χ2n) is 6.45. The third-order valence-electron chi connectivity index (χ3n) is 4.55.